The molecule has 0 saturated heterocycles. The first-order valence-corrected chi connectivity index (χ1v) is 7.49. The van der Waals surface area contributed by atoms with E-state index in [9.17, 15) is 4.79 Å². The lowest BCUT2D eigenvalue weighted by molar-refractivity contribution is 0.0817. The number of hydrogen-bond donors (Lipinski definition) is 0. The highest BCUT2D eigenvalue weighted by Crippen LogP contribution is 2.29. The van der Waals surface area contributed by atoms with Crippen molar-refractivity contribution in [1.29, 1.82) is 0 Å². The molecule has 0 aliphatic heterocycles. The van der Waals surface area contributed by atoms with Crippen molar-refractivity contribution in [3.05, 3.63) is 45.6 Å². The van der Waals surface area contributed by atoms with Crippen molar-refractivity contribution >= 4 is 28.7 Å². The Hall–Kier alpha value is -1.52. The van der Waals surface area contributed by atoms with Gasteiger partial charge in [0, 0.05) is 0 Å². The van der Waals surface area contributed by atoms with Gasteiger partial charge in [-0.1, -0.05) is 23.7 Å². The van der Waals surface area contributed by atoms with E-state index in [0.29, 0.717) is 27.3 Å². The topological polar surface area (TPSA) is 35.5 Å². The van der Waals surface area contributed by atoms with E-state index in [-0.39, 0.29) is 5.78 Å². The fourth-order valence-electron chi connectivity index (χ4n) is 1.71. The quantitative estimate of drug-likeness (QED) is 0.739. The zero-order chi connectivity index (χ0) is 14.5. The van der Waals surface area contributed by atoms with Crippen LogP contribution in [0.5, 0.6) is 11.5 Å². The Morgan fingerprint density at radius 1 is 1.25 bits per heavy atom. The third-order valence-electron chi connectivity index (χ3n) is 2.64. The van der Waals surface area contributed by atoms with Crippen LogP contribution in [0.25, 0.3) is 0 Å². The van der Waals surface area contributed by atoms with Gasteiger partial charge in [0.1, 0.15) is 0 Å². The number of thiophene rings is 1. The highest BCUT2D eigenvalue weighted by molar-refractivity contribution is 7.18. The molecule has 0 spiro atoms. The van der Waals surface area contributed by atoms with Crippen molar-refractivity contribution in [2.45, 2.75) is 20.0 Å². The van der Waals surface area contributed by atoms with Crippen LogP contribution in [0.1, 0.15) is 23.5 Å². The van der Waals surface area contributed by atoms with Crippen LogP contribution in [0.2, 0.25) is 4.34 Å². The van der Waals surface area contributed by atoms with Crippen molar-refractivity contribution in [2.24, 2.45) is 0 Å². The van der Waals surface area contributed by atoms with E-state index in [2.05, 4.69) is 0 Å². The Balaban J connectivity index is 2.11. The Morgan fingerprint density at radius 3 is 2.55 bits per heavy atom. The second-order valence-electron chi connectivity index (χ2n) is 4.11. The van der Waals surface area contributed by atoms with Crippen molar-refractivity contribution in [3.8, 4) is 11.5 Å². The van der Waals surface area contributed by atoms with Crippen molar-refractivity contribution < 1.29 is 14.3 Å². The van der Waals surface area contributed by atoms with E-state index in [4.69, 9.17) is 21.1 Å². The van der Waals surface area contributed by atoms with E-state index in [1.807, 2.05) is 25.1 Å². The molecule has 5 heteroatoms. The molecule has 2 rings (SSSR count). The van der Waals surface area contributed by atoms with Gasteiger partial charge in [-0.15, -0.1) is 11.3 Å². The molecule has 0 amide bonds. The number of para-hydroxylation sites is 2. The molecule has 0 fully saturated rings. The lowest BCUT2D eigenvalue weighted by Gasteiger charge is -2.15. The summed E-state index contributed by atoms with van der Waals surface area (Å²) >= 11 is 7.10. The van der Waals surface area contributed by atoms with Crippen LogP contribution in [0, 0.1) is 0 Å². The summed E-state index contributed by atoms with van der Waals surface area (Å²) in [6, 6.07) is 10.7. The van der Waals surface area contributed by atoms with Gasteiger partial charge in [0.25, 0.3) is 0 Å². The fraction of sp³-hybridized carbons (Fsp3) is 0.267. The molecule has 0 saturated carbocycles. The van der Waals surface area contributed by atoms with E-state index in [1.165, 1.54) is 11.3 Å². The molecule has 0 aliphatic rings. The van der Waals surface area contributed by atoms with Gasteiger partial charge in [-0.05, 0) is 38.1 Å². The molecule has 0 aliphatic carbocycles. The first kappa shape index (κ1) is 14.9. The summed E-state index contributed by atoms with van der Waals surface area (Å²) < 4.78 is 11.8. The lowest BCUT2D eigenvalue weighted by atomic mass is 10.2. The molecule has 1 heterocycles. The second kappa shape index (κ2) is 6.77. The maximum atomic E-state index is 12.2. The standard InChI is InChI=1S/C15H15ClO3S/c1-3-18-11-6-4-5-7-12(11)19-10(2)15(17)13-8-9-14(16)20-13/h4-10H,3H2,1-2H3. The number of hydrogen-bond acceptors (Lipinski definition) is 4. The number of benzene rings is 1. The smallest absolute Gasteiger partial charge is 0.212 e. The van der Waals surface area contributed by atoms with Crippen molar-refractivity contribution in [3.63, 3.8) is 0 Å². The van der Waals surface area contributed by atoms with Gasteiger partial charge < -0.3 is 9.47 Å². The maximum absolute atomic E-state index is 12.2. The van der Waals surface area contributed by atoms with Gasteiger partial charge in [0.2, 0.25) is 5.78 Å². The summed E-state index contributed by atoms with van der Waals surface area (Å²) in [6.45, 7) is 4.17. The zero-order valence-electron chi connectivity index (χ0n) is 11.3. The van der Waals surface area contributed by atoms with Gasteiger partial charge in [0.05, 0.1) is 15.8 Å². The molecule has 0 radical (unpaired) electrons. The summed E-state index contributed by atoms with van der Waals surface area (Å²) in [5.74, 6) is 1.12. The summed E-state index contributed by atoms with van der Waals surface area (Å²) in [4.78, 5) is 12.8. The number of ketones is 1. The predicted molar refractivity (Wildman–Crippen MR) is 81.4 cm³/mol. The minimum absolute atomic E-state index is 0.0896. The molecular formula is C15H15ClO3S. The largest absolute Gasteiger partial charge is 0.490 e. The zero-order valence-corrected chi connectivity index (χ0v) is 12.8. The summed E-state index contributed by atoms with van der Waals surface area (Å²) in [5.41, 5.74) is 0. The summed E-state index contributed by atoms with van der Waals surface area (Å²) in [5, 5.41) is 0. The van der Waals surface area contributed by atoms with Crippen LogP contribution in [-0.4, -0.2) is 18.5 Å². The molecule has 1 aromatic heterocycles. The van der Waals surface area contributed by atoms with Crippen LogP contribution in [-0.2, 0) is 0 Å². The van der Waals surface area contributed by atoms with Crippen LogP contribution in [0.3, 0.4) is 0 Å². The van der Waals surface area contributed by atoms with E-state index in [0.717, 1.165) is 0 Å². The minimum Gasteiger partial charge on any atom is -0.490 e. The lowest BCUT2D eigenvalue weighted by Crippen LogP contribution is -2.23. The molecule has 3 nitrogen and oxygen atoms in total. The first-order chi connectivity index (χ1) is 9.61. The summed E-state index contributed by atoms with van der Waals surface area (Å²) in [7, 11) is 0. The number of halogens is 1. The van der Waals surface area contributed by atoms with Crippen LogP contribution in [0.4, 0.5) is 0 Å². The minimum atomic E-state index is -0.591. The highest BCUT2D eigenvalue weighted by Gasteiger charge is 2.20. The molecule has 106 valence electrons. The van der Waals surface area contributed by atoms with E-state index >= 15 is 0 Å². The Kier molecular flexibility index (Phi) is 5.04. The van der Waals surface area contributed by atoms with Gasteiger partial charge in [-0.25, -0.2) is 0 Å². The molecule has 1 unspecified atom stereocenters. The second-order valence-corrected chi connectivity index (χ2v) is 5.82. The average Bonchev–Trinajstić information content (AvgIpc) is 2.87. The molecule has 1 atom stereocenters. The molecular weight excluding hydrogens is 296 g/mol. The SMILES string of the molecule is CCOc1ccccc1OC(C)C(=O)c1ccc(Cl)s1. The number of rotatable bonds is 6. The number of Topliss-reactive ketones (excluding diaryl/α,β-unsaturated/α-hetero) is 1. The van der Waals surface area contributed by atoms with E-state index < -0.39 is 6.10 Å². The first-order valence-electron chi connectivity index (χ1n) is 6.30. The molecule has 0 N–H and O–H groups in total. The Labute approximate surface area is 127 Å². The highest BCUT2D eigenvalue weighted by atomic mass is 35.5. The van der Waals surface area contributed by atoms with Gasteiger partial charge >= 0.3 is 0 Å². The van der Waals surface area contributed by atoms with Gasteiger partial charge in [0.15, 0.2) is 17.6 Å². The molecule has 1 aromatic carbocycles. The van der Waals surface area contributed by atoms with Crippen LogP contribution < -0.4 is 9.47 Å². The van der Waals surface area contributed by atoms with Crippen molar-refractivity contribution in [2.75, 3.05) is 6.61 Å². The summed E-state index contributed by atoms with van der Waals surface area (Å²) in [6.07, 6.45) is -0.591. The molecule has 20 heavy (non-hydrogen) atoms. The third-order valence-corrected chi connectivity index (χ3v) is 3.88. The molecule has 0 bridgehead atoms. The molecule has 2 aromatic rings. The fourth-order valence-corrected chi connectivity index (χ4v) is 2.77. The number of carbonyl (C=O) groups is 1. The van der Waals surface area contributed by atoms with Crippen LogP contribution in [0.15, 0.2) is 36.4 Å². The Bertz CT molecular complexity index is 594. The van der Waals surface area contributed by atoms with Crippen molar-refractivity contribution in [1.82, 2.24) is 0 Å². The number of ether oxygens (including phenoxy) is 2. The van der Waals surface area contributed by atoms with Gasteiger partial charge in [-0.2, -0.15) is 0 Å². The van der Waals surface area contributed by atoms with Crippen LogP contribution >= 0.6 is 22.9 Å². The average molecular weight is 311 g/mol. The maximum Gasteiger partial charge on any atom is 0.212 e. The predicted octanol–water partition coefficient (Wildman–Crippen LogP) is 4.45. The normalized spacial score (nSPS) is 11.9. The third kappa shape index (κ3) is 3.52. The monoisotopic (exact) mass is 310 g/mol. The number of carbonyl (C=O) groups excluding carboxylic acids is 1. The van der Waals surface area contributed by atoms with Gasteiger partial charge in [-0.3, -0.25) is 4.79 Å². The Morgan fingerprint density at radius 2 is 1.95 bits per heavy atom. The van der Waals surface area contributed by atoms with E-state index in [1.54, 1.807) is 25.1 Å².